The number of anilines is 1. The van der Waals surface area contributed by atoms with Crippen LogP contribution in [0.3, 0.4) is 0 Å². The van der Waals surface area contributed by atoms with Gasteiger partial charge < -0.3 is 20.5 Å². The maximum absolute atomic E-state index is 11.6. The van der Waals surface area contributed by atoms with Crippen LogP contribution in [-0.2, 0) is 9.53 Å². The number of methoxy groups -OCH3 is 2. The third-order valence-electron chi connectivity index (χ3n) is 2.30. The van der Waals surface area contributed by atoms with Gasteiger partial charge in [-0.25, -0.2) is 4.79 Å². The summed E-state index contributed by atoms with van der Waals surface area (Å²) in [5, 5.41) is 2.56. The fourth-order valence-corrected chi connectivity index (χ4v) is 1.28. The maximum Gasteiger partial charge on any atom is 0.340 e. The Bertz CT molecular complexity index is 463. The van der Waals surface area contributed by atoms with Crippen LogP contribution in [0.5, 0.6) is 5.75 Å². The van der Waals surface area contributed by atoms with Crippen molar-refractivity contribution in [2.45, 2.75) is 13.0 Å². The quantitative estimate of drug-likeness (QED) is 0.812. The summed E-state index contributed by atoms with van der Waals surface area (Å²) in [7, 11) is 2.75. The zero-order chi connectivity index (χ0) is 13.7. The number of benzene rings is 1. The molecular formula is C12H17ClN2O4. The van der Waals surface area contributed by atoms with E-state index in [1.165, 1.54) is 20.3 Å². The van der Waals surface area contributed by atoms with Gasteiger partial charge in [0.2, 0.25) is 5.91 Å². The van der Waals surface area contributed by atoms with Gasteiger partial charge in [-0.2, -0.15) is 0 Å². The van der Waals surface area contributed by atoms with Crippen LogP contribution in [0.2, 0.25) is 0 Å². The second kappa shape index (κ2) is 7.60. The van der Waals surface area contributed by atoms with Crippen molar-refractivity contribution in [3.63, 3.8) is 0 Å². The van der Waals surface area contributed by atoms with E-state index in [1.807, 2.05) is 0 Å². The van der Waals surface area contributed by atoms with E-state index in [9.17, 15) is 9.59 Å². The number of amides is 1. The highest BCUT2D eigenvalue weighted by Crippen LogP contribution is 2.22. The van der Waals surface area contributed by atoms with E-state index < -0.39 is 12.0 Å². The minimum absolute atomic E-state index is 0. The Balaban J connectivity index is 0.00000324. The first-order valence-corrected chi connectivity index (χ1v) is 5.32. The second-order valence-corrected chi connectivity index (χ2v) is 3.68. The van der Waals surface area contributed by atoms with Gasteiger partial charge in [-0.15, -0.1) is 12.4 Å². The van der Waals surface area contributed by atoms with Gasteiger partial charge in [-0.1, -0.05) is 0 Å². The maximum atomic E-state index is 11.6. The van der Waals surface area contributed by atoms with Crippen LogP contribution in [0.4, 0.5) is 5.69 Å². The molecule has 0 fully saturated rings. The molecule has 0 saturated heterocycles. The first-order valence-electron chi connectivity index (χ1n) is 5.32. The van der Waals surface area contributed by atoms with Crippen LogP contribution in [0.25, 0.3) is 0 Å². The van der Waals surface area contributed by atoms with Crippen LogP contribution in [0, 0.1) is 0 Å². The standard InChI is InChI=1S/C12H16N2O4.ClH/c1-7(13)11(15)14-10-5-4-8(17-2)6-9(10)12(16)18-3;/h4-7H,13H2,1-3H3,(H,14,15);1H/t7-;/m0./s1. The lowest BCUT2D eigenvalue weighted by Crippen LogP contribution is -2.33. The fourth-order valence-electron chi connectivity index (χ4n) is 1.28. The van der Waals surface area contributed by atoms with Crippen LogP contribution in [-0.4, -0.2) is 32.1 Å². The van der Waals surface area contributed by atoms with E-state index in [0.717, 1.165) is 0 Å². The lowest BCUT2D eigenvalue weighted by molar-refractivity contribution is -0.117. The molecule has 1 aromatic carbocycles. The molecule has 1 amide bonds. The zero-order valence-corrected chi connectivity index (χ0v) is 11.7. The van der Waals surface area contributed by atoms with Gasteiger partial charge >= 0.3 is 5.97 Å². The summed E-state index contributed by atoms with van der Waals surface area (Å²) in [6, 6.07) is 4.01. The number of carbonyl (C=O) groups excluding carboxylic acids is 2. The van der Waals surface area contributed by atoms with E-state index in [-0.39, 0.29) is 23.9 Å². The molecule has 3 N–H and O–H groups in total. The average molecular weight is 289 g/mol. The number of halogens is 1. The number of nitrogens with two attached hydrogens (primary N) is 1. The van der Waals surface area contributed by atoms with Gasteiger partial charge in [0.15, 0.2) is 0 Å². The first-order chi connectivity index (χ1) is 8.49. The lowest BCUT2D eigenvalue weighted by atomic mass is 10.1. The number of carbonyl (C=O) groups is 2. The molecule has 7 heteroatoms. The number of esters is 1. The molecule has 0 spiro atoms. The number of ether oxygens (including phenoxy) is 2. The van der Waals surface area contributed by atoms with E-state index in [0.29, 0.717) is 11.4 Å². The Labute approximate surface area is 117 Å². The van der Waals surface area contributed by atoms with Crippen molar-refractivity contribution in [1.29, 1.82) is 0 Å². The van der Waals surface area contributed by atoms with Crippen LogP contribution < -0.4 is 15.8 Å². The predicted octanol–water partition coefficient (Wildman–Crippen LogP) is 1.19. The van der Waals surface area contributed by atoms with Gasteiger partial charge in [0.05, 0.1) is 31.5 Å². The Kier molecular flexibility index (Phi) is 6.89. The summed E-state index contributed by atoms with van der Waals surface area (Å²) in [4.78, 5) is 23.1. The third kappa shape index (κ3) is 4.42. The SMILES string of the molecule is COC(=O)c1cc(OC)ccc1NC(=O)[C@H](C)N.Cl. The first kappa shape index (κ1) is 17.2. The molecule has 1 atom stereocenters. The Morgan fingerprint density at radius 3 is 2.42 bits per heavy atom. The summed E-state index contributed by atoms with van der Waals surface area (Å²) in [5.41, 5.74) is 6.00. The average Bonchev–Trinajstić information content (AvgIpc) is 2.38. The highest BCUT2D eigenvalue weighted by molar-refractivity contribution is 6.02. The van der Waals surface area contributed by atoms with Crippen LogP contribution in [0.1, 0.15) is 17.3 Å². The van der Waals surface area contributed by atoms with Crippen molar-refractivity contribution in [2.24, 2.45) is 5.73 Å². The normalized spacial score (nSPS) is 10.9. The van der Waals surface area contributed by atoms with Gasteiger partial charge in [0.25, 0.3) is 0 Å². The molecule has 1 aromatic rings. The Morgan fingerprint density at radius 2 is 1.95 bits per heavy atom. The number of hydrogen-bond donors (Lipinski definition) is 2. The Hall–Kier alpha value is -1.79. The minimum atomic E-state index is -0.669. The van der Waals surface area contributed by atoms with E-state index in [4.69, 9.17) is 10.5 Å². The lowest BCUT2D eigenvalue weighted by Gasteiger charge is -2.12. The molecule has 0 aromatic heterocycles. The Morgan fingerprint density at radius 1 is 1.32 bits per heavy atom. The van der Waals surface area contributed by atoms with E-state index >= 15 is 0 Å². The number of nitrogens with one attached hydrogen (secondary N) is 1. The van der Waals surface area contributed by atoms with Gasteiger partial charge in [-0.05, 0) is 25.1 Å². The molecule has 1 rings (SSSR count). The molecule has 0 aliphatic heterocycles. The zero-order valence-electron chi connectivity index (χ0n) is 10.9. The van der Waals surface area contributed by atoms with Crippen molar-refractivity contribution in [1.82, 2.24) is 0 Å². The fraction of sp³-hybridized carbons (Fsp3) is 0.333. The third-order valence-corrected chi connectivity index (χ3v) is 2.30. The van der Waals surface area contributed by atoms with Crippen molar-refractivity contribution in [3.8, 4) is 5.75 Å². The van der Waals surface area contributed by atoms with Gasteiger partial charge in [-0.3, -0.25) is 4.79 Å². The summed E-state index contributed by atoms with van der Waals surface area (Å²) in [5.74, 6) is -0.451. The van der Waals surface area contributed by atoms with E-state index in [1.54, 1.807) is 19.1 Å². The molecule has 6 nitrogen and oxygen atoms in total. The number of rotatable bonds is 4. The molecule has 0 saturated carbocycles. The molecule has 19 heavy (non-hydrogen) atoms. The van der Waals surface area contributed by atoms with Gasteiger partial charge in [0, 0.05) is 0 Å². The minimum Gasteiger partial charge on any atom is -0.497 e. The molecule has 0 unspecified atom stereocenters. The highest BCUT2D eigenvalue weighted by atomic mass is 35.5. The van der Waals surface area contributed by atoms with E-state index in [2.05, 4.69) is 10.1 Å². The molecule has 106 valence electrons. The molecule has 0 heterocycles. The summed E-state index contributed by atoms with van der Waals surface area (Å²) in [6.45, 7) is 1.55. The highest BCUT2D eigenvalue weighted by Gasteiger charge is 2.16. The molecule has 0 aliphatic carbocycles. The predicted molar refractivity (Wildman–Crippen MR) is 73.9 cm³/mol. The largest absolute Gasteiger partial charge is 0.497 e. The molecule has 0 radical (unpaired) electrons. The summed E-state index contributed by atoms with van der Waals surface area (Å²) in [6.07, 6.45) is 0. The smallest absolute Gasteiger partial charge is 0.340 e. The van der Waals surface area contributed by atoms with Crippen molar-refractivity contribution in [2.75, 3.05) is 19.5 Å². The van der Waals surface area contributed by atoms with Crippen molar-refractivity contribution >= 4 is 30.0 Å². The summed E-state index contributed by atoms with van der Waals surface area (Å²) >= 11 is 0. The van der Waals surface area contributed by atoms with Crippen LogP contribution >= 0.6 is 12.4 Å². The molecule has 0 bridgehead atoms. The van der Waals surface area contributed by atoms with Crippen LogP contribution in [0.15, 0.2) is 18.2 Å². The summed E-state index contributed by atoms with van der Waals surface area (Å²) < 4.78 is 9.65. The second-order valence-electron chi connectivity index (χ2n) is 3.68. The van der Waals surface area contributed by atoms with Crippen molar-refractivity contribution in [3.05, 3.63) is 23.8 Å². The molecular weight excluding hydrogens is 272 g/mol. The number of hydrogen-bond acceptors (Lipinski definition) is 5. The topological polar surface area (TPSA) is 90.6 Å². The van der Waals surface area contributed by atoms with Gasteiger partial charge in [0.1, 0.15) is 5.75 Å². The van der Waals surface area contributed by atoms with Crippen molar-refractivity contribution < 1.29 is 19.1 Å². The molecule has 0 aliphatic rings. The monoisotopic (exact) mass is 288 g/mol.